The molecule has 1 unspecified atom stereocenters. The van der Waals surface area contributed by atoms with Crippen LogP contribution in [0.25, 0.3) is 0 Å². The van der Waals surface area contributed by atoms with Crippen LogP contribution in [0.4, 0.5) is 5.00 Å². The minimum atomic E-state index is -0.416. The zero-order valence-electron chi connectivity index (χ0n) is 17.1. The van der Waals surface area contributed by atoms with Gasteiger partial charge in [-0.2, -0.15) is 0 Å². The van der Waals surface area contributed by atoms with Gasteiger partial charge in [0.15, 0.2) is 0 Å². The van der Waals surface area contributed by atoms with Gasteiger partial charge in [-0.3, -0.25) is 9.59 Å². The first-order valence-electron chi connectivity index (χ1n) is 10.8. The molecule has 3 N–H and O–H groups in total. The largest absolute Gasteiger partial charge is 0.365 e. The molecule has 0 aromatic carbocycles. The van der Waals surface area contributed by atoms with Crippen LogP contribution in [0.1, 0.15) is 105 Å². The first-order chi connectivity index (χ1) is 13.0. The lowest BCUT2D eigenvalue weighted by molar-refractivity contribution is -0.116. The van der Waals surface area contributed by atoms with E-state index in [4.69, 9.17) is 5.73 Å². The van der Waals surface area contributed by atoms with E-state index in [1.54, 1.807) is 11.3 Å². The van der Waals surface area contributed by atoms with Crippen molar-refractivity contribution in [1.29, 1.82) is 0 Å². The van der Waals surface area contributed by atoms with E-state index in [0.29, 0.717) is 22.9 Å². The summed E-state index contributed by atoms with van der Waals surface area (Å²) in [5, 5.41) is 3.64. The van der Waals surface area contributed by atoms with E-state index in [-0.39, 0.29) is 5.91 Å². The highest BCUT2D eigenvalue weighted by Gasteiger charge is 2.27. The Hall–Kier alpha value is -1.36. The first-order valence-corrected chi connectivity index (χ1v) is 11.6. The summed E-state index contributed by atoms with van der Waals surface area (Å²) in [5.74, 6) is 0.218. The number of anilines is 1. The Bertz CT molecular complexity index is 624. The minimum absolute atomic E-state index is 0.00657. The molecule has 0 bridgehead atoms. The van der Waals surface area contributed by atoms with Crippen molar-refractivity contribution in [3.8, 4) is 0 Å². The number of rotatable bonds is 12. The Morgan fingerprint density at radius 1 is 1.07 bits per heavy atom. The van der Waals surface area contributed by atoms with E-state index < -0.39 is 5.91 Å². The Morgan fingerprint density at radius 3 is 2.33 bits per heavy atom. The minimum Gasteiger partial charge on any atom is -0.365 e. The van der Waals surface area contributed by atoms with Crippen molar-refractivity contribution in [1.82, 2.24) is 0 Å². The van der Waals surface area contributed by atoms with Crippen LogP contribution >= 0.6 is 11.3 Å². The Balaban J connectivity index is 1.73. The van der Waals surface area contributed by atoms with Gasteiger partial charge in [0.25, 0.3) is 5.91 Å². The molecule has 1 aliphatic rings. The zero-order valence-corrected chi connectivity index (χ0v) is 17.9. The fourth-order valence-corrected chi connectivity index (χ4v) is 5.32. The van der Waals surface area contributed by atoms with Gasteiger partial charge in [0.1, 0.15) is 5.00 Å². The standard InChI is InChI=1S/C22H36N2O2S/c1-3-4-5-6-7-8-9-10-11-12-19(25)24-22-20(21(23)26)17-14-13-16(2)15-18(17)27-22/h16H,3-15H2,1-2H3,(H2,23,26)(H,24,25). The van der Waals surface area contributed by atoms with E-state index >= 15 is 0 Å². The van der Waals surface area contributed by atoms with E-state index in [9.17, 15) is 9.59 Å². The predicted octanol–water partition coefficient (Wildman–Crippen LogP) is 5.83. The second-order valence-electron chi connectivity index (χ2n) is 8.05. The molecule has 1 aliphatic carbocycles. The third-order valence-corrected chi connectivity index (χ3v) is 6.69. The number of hydrogen-bond donors (Lipinski definition) is 2. The highest BCUT2D eigenvalue weighted by molar-refractivity contribution is 7.17. The van der Waals surface area contributed by atoms with Gasteiger partial charge in [-0.25, -0.2) is 0 Å². The molecule has 1 aromatic heterocycles. The van der Waals surface area contributed by atoms with Gasteiger partial charge in [-0.1, -0.05) is 65.2 Å². The average molecular weight is 393 g/mol. The molecule has 0 saturated carbocycles. The van der Waals surface area contributed by atoms with Crippen LogP contribution in [0.3, 0.4) is 0 Å². The molecular weight excluding hydrogens is 356 g/mol. The molecule has 1 aromatic rings. The third-order valence-electron chi connectivity index (χ3n) is 5.52. The summed E-state index contributed by atoms with van der Waals surface area (Å²) in [6.07, 6.45) is 14.6. The Kier molecular flexibility index (Phi) is 9.32. The molecule has 0 fully saturated rings. The summed E-state index contributed by atoms with van der Waals surface area (Å²) in [6.45, 7) is 4.47. The molecule has 0 aliphatic heterocycles. The maximum atomic E-state index is 12.3. The Morgan fingerprint density at radius 2 is 1.70 bits per heavy atom. The summed E-state index contributed by atoms with van der Waals surface area (Å²) in [6, 6.07) is 0. The van der Waals surface area contributed by atoms with Crippen molar-refractivity contribution in [3.63, 3.8) is 0 Å². The third kappa shape index (κ3) is 6.95. The van der Waals surface area contributed by atoms with Crippen LogP contribution in [-0.4, -0.2) is 11.8 Å². The van der Waals surface area contributed by atoms with Gasteiger partial charge in [-0.05, 0) is 37.2 Å². The van der Waals surface area contributed by atoms with Crippen molar-refractivity contribution < 1.29 is 9.59 Å². The van der Waals surface area contributed by atoms with Crippen LogP contribution in [-0.2, 0) is 17.6 Å². The van der Waals surface area contributed by atoms with Crippen LogP contribution in [0, 0.1) is 5.92 Å². The number of thiophene rings is 1. The lowest BCUT2D eigenvalue weighted by atomic mass is 9.88. The lowest BCUT2D eigenvalue weighted by Gasteiger charge is -2.18. The number of unbranched alkanes of at least 4 members (excludes halogenated alkanes) is 8. The molecule has 4 nitrogen and oxygen atoms in total. The molecule has 0 spiro atoms. The summed E-state index contributed by atoms with van der Waals surface area (Å²) in [5.41, 5.74) is 7.24. The normalized spacial score (nSPS) is 16.1. The van der Waals surface area contributed by atoms with Gasteiger partial charge in [0.2, 0.25) is 5.91 Å². The van der Waals surface area contributed by atoms with E-state index in [2.05, 4.69) is 19.2 Å². The Labute approximate surface area is 168 Å². The fourth-order valence-electron chi connectivity index (χ4n) is 3.88. The molecule has 1 atom stereocenters. The van der Waals surface area contributed by atoms with Crippen LogP contribution in [0.2, 0.25) is 0 Å². The highest BCUT2D eigenvalue weighted by atomic mass is 32.1. The van der Waals surface area contributed by atoms with Crippen molar-refractivity contribution in [2.75, 3.05) is 5.32 Å². The summed E-state index contributed by atoms with van der Waals surface area (Å²) < 4.78 is 0. The number of primary amides is 1. The first kappa shape index (κ1) is 21.9. The zero-order chi connectivity index (χ0) is 19.6. The number of hydrogen-bond acceptors (Lipinski definition) is 3. The molecule has 27 heavy (non-hydrogen) atoms. The van der Waals surface area contributed by atoms with Gasteiger partial charge in [0, 0.05) is 11.3 Å². The highest BCUT2D eigenvalue weighted by Crippen LogP contribution is 2.39. The van der Waals surface area contributed by atoms with Crippen LogP contribution in [0.15, 0.2) is 0 Å². The van der Waals surface area contributed by atoms with E-state index in [0.717, 1.165) is 37.7 Å². The van der Waals surface area contributed by atoms with Crippen molar-refractivity contribution >= 4 is 28.2 Å². The summed E-state index contributed by atoms with van der Waals surface area (Å²) in [7, 11) is 0. The maximum absolute atomic E-state index is 12.3. The predicted molar refractivity (Wildman–Crippen MR) is 114 cm³/mol. The topological polar surface area (TPSA) is 72.2 Å². The summed E-state index contributed by atoms with van der Waals surface area (Å²) in [4.78, 5) is 25.5. The monoisotopic (exact) mass is 392 g/mol. The molecule has 2 rings (SSSR count). The molecule has 152 valence electrons. The number of carbonyl (C=O) groups excluding carboxylic acids is 2. The van der Waals surface area contributed by atoms with E-state index in [1.165, 1.54) is 49.8 Å². The molecule has 2 amide bonds. The SMILES string of the molecule is CCCCCCCCCCCC(=O)Nc1sc2c(c1C(N)=O)CCC(C)C2. The van der Waals surface area contributed by atoms with Crippen LogP contribution in [0.5, 0.6) is 0 Å². The van der Waals surface area contributed by atoms with Gasteiger partial charge in [-0.15, -0.1) is 11.3 Å². The molecule has 5 heteroatoms. The maximum Gasteiger partial charge on any atom is 0.251 e. The number of amides is 2. The summed E-state index contributed by atoms with van der Waals surface area (Å²) >= 11 is 1.55. The fraction of sp³-hybridized carbons (Fsp3) is 0.727. The van der Waals surface area contributed by atoms with Gasteiger partial charge >= 0.3 is 0 Å². The number of carbonyl (C=O) groups is 2. The van der Waals surface area contributed by atoms with Gasteiger partial charge in [0.05, 0.1) is 5.56 Å². The van der Waals surface area contributed by atoms with Crippen molar-refractivity contribution in [3.05, 3.63) is 16.0 Å². The van der Waals surface area contributed by atoms with Crippen molar-refractivity contribution in [2.45, 2.75) is 97.3 Å². The molecule has 0 radical (unpaired) electrons. The quantitative estimate of drug-likeness (QED) is 0.439. The van der Waals surface area contributed by atoms with E-state index in [1.807, 2.05) is 0 Å². The van der Waals surface area contributed by atoms with Gasteiger partial charge < -0.3 is 11.1 Å². The molecule has 0 saturated heterocycles. The number of fused-ring (bicyclic) bond motifs is 1. The van der Waals surface area contributed by atoms with Crippen molar-refractivity contribution in [2.24, 2.45) is 11.7 Å². The lowest BCUT2D eigenvalue weighted by Crippen LogP contribution is -2.19. The second kappa shape index (κ2) is 11.5. The smallest absolute Gasteiger partial charge is 0.251 e. The average Bonchev–Trinajstić information content (AvgIpc) is 2.97. The molecular formula is C22H36N2O2S. The van der Waals surface area contributed by atoms with Crippen LogP contribution < -0.4 is 11.1 Å². The molecule has 1 heterocycles. The number of nitrogens with two attached hydrogens (primary N) is 1. The second-order valence-corrected chi connectivity index (χ2v) is 9.15. The number of nitrogens with one attached hydrogen (secondary N) is 1.